The lowest BCUT2D eigenvalue weighted by Gasteiger charge is -2.08. The number of rotatable bonds is 4. The molecule has 17 heavy (non-hydrogen) atoms. The summed E-state index contributed by atoms with van der Waals surface area (Å²) in [4.78, 5) is 4.41. The molecule has 4 nitrogen and oxygen atoms in total. The molecule has 90 valence electrons. The Bertz CT molecular complexity index is 472. The molecule has 4 heteroatoms. The third-order valence-corrected chi connectivity index (χ3v) is 2.88. The van der Waals surface area contributed by atoms with Crippen LogP contribution in [0.25, 0.3) is 0 Å². The Hall–Kier alpha value is -1.68. The summed E-state index contributed by atoms with van der Waals surface area (Å²) in [6, 6.07) is 4.12. The fourth-order valence-electron chi connectivity index (χ4n) is 1.76. The van der Waals surface area contributed by atoms with Gasteiger partial charge >= 0.3 is 0 Å². The highest BCUT2D eigenvalue weighted by atomic mass is 15.2. The first-order chi connectivity index (χ1) is 8.19. The van der Waals surface area contributed by atoms with E-state index in [1.807, 2.05) is 25.6 Å². The Morgan fingerprint density at radius 1 is 1.35 bits per heavy atom. The minimum Gasteiger partial charge on any atom is -0.324 e. The highest BCUT2D eigenvalue weighted by Gasteiger charge is 2.09. The summed E-state index contributed by atoms with van der Waals surface area (Å²) in [6.45, 7) is 2.12. The molecule has 2 heterocycles. The second kappa shape index (κ2) is 5.10. The smallest absolute Gasteiger partial charge is 0.0537 e. The van der Waals surface area contributed by atoms with Crippen molar-refractivity contribution in [1.82, 2.24) is 14.8 Å². The lowest BCUT2D eigenvalue weighted by Crippen LogP contribution is -2.13. The lowest BCUT2D eigenvalue weighted by molar-refractivity contribution is 0.702. The number of nitrogens with zero attached hydrogens (tertiary/aromatic N) is 3. The molecule has 0 aliphatic heterocycles. The van der Waals surface area contributed by atoms with Gasteiger partial charge in [0.25, 0.3) is 0 Å². The molecule has 1 unspecified atom stereocenters. The van der Waals surface area contributed by atoms with Crippen molar-refractivity contribution < 1.29 is 0 Å². The third-order valence-electron chi connectivity index (χ3n) is 2.88. The largest absolute Gasteiger partial charge is 0.324 e. The summed E-state index contributed by atoms with van der Waals surface area (Å²) in [6.07, 6.45) is 7.44. The molecule has 0 fully saturated rings. The Morgan fingerprint density at radius 3 is 2.71 bits per heavy atom. The van der Waals surface area contributed by atoms with Crippen LogP contribution in [0.5, 0.6) is 0 Å². The fraction of sp³-hybridized carbons (Fsp3) is 0.385. The van der Waals surface area contributed by atoms with Gasteiger partial charge in [-0.25, -0.2) is 0 Å². The Balaban J connectivity index is 2.04. The minimum atomic E-state index is -0.0383. The van der Waals surface area contributed by atoms with Gasteiger partial charge in [0.2, 0.25) is 0 Å². The highest BCUT2D eigenvalue weighted by molar-refractivity contribution is 5.18. The van der Waals surface area contributed by atoms with Crippen molar-refractivity contribution in [3.8, 4) is 0 Å². The number of hydrogen-bond donors (Lipinski definition) is 1. The van der Waals surface area contributed by atoms with Crippen molar-refractivity contribution in [1.29, 1.82) is 0 Å². The molecule has 0 aromatic carbocycles. The standard InChI is InChI=1S/C13H18N4/c1-3-10-4-5-12(15-7-10)6-13(14)11-8-16-17(2)9-11/h4-5,7-9,13H,3,6,14H2,1-2H3. The first-order valence-corrected chi connectivity index (χ1v) is 5.87. The molecule has 0 saturated heterocycles. The Morgan fingerprint density at radius 2 is 2.18 bits per heavy atom. The van der Waals surface area contributed by atoms with Crippen LogP contribution < -0.4 is 5.73 Å². The SMILES string of the molecule is CCc1ccc(CC(N)c2cnn(C)c2)nc1. The van der Waals surface area contributed by atoms with Crippen LogP contribution in [0.4, 0.5) is 0 Å². The molecule has 0 aliphatic carbocycles. The van der Waals surface area contributed by atoms with Crippen molar-refractivity contribution in [3.05, 3.63) is 47.5 Å². The van der Waals surface area contributed by atoms with Crippen LogP contribution in [0.15, 0.2) is 30.7 Å². The van der Waals surface area contributed by atoms with Gasteiger partial charge in [-0.1, -0.05) is 13.0 Å². The van der Waals surface area contributed by atoms with Crippen LogP contribution in [0, 0.1) is 0 Å². The summed E-state index contributed by atoms with van der Waals surface area (Å²) >= 11 is 0. The maximum atomic E-state index is 6.12. The van der Waals surface area contributed by atoms with Crippen LogP contribution in [-0.2, 0) is 19.9 Å². The van der Waals surface area contributed by atoms with E-state index in [1.165, 1.54) is 5.56 Å². The van der Waals surface area contributed by atoms with E-state index in [4.69, 9.17) is 5.73 Å². The lowest BCUT2D eigenvalue weighted by atomic mass is 10.1. The number of pyridine rings is 1. The van der Waals surface area contributed by atoms with Crippen LogP contribution in [0.1, 0.15) is 29.8 Å². The Labute approximate surface area is 101 Å². The summed E-state index contributed by atoms with van der Waals surface area (Å²) < 4.78 is 1.77. The molecule has 2 N–H and O–H groups in total. The van der Waals surface area contributed by atoms with E-state index in [0.717, 1.165) is 24.1 Å². The van der Waals surface area contributed by atoms with Crippen LogP contribution in [-0.4, -0.2) is 14.8 Å². The van der Waals surface area contributed by atoms with E-state index >= 15 is 0 Å². The van der Waals surface area contributed by atoms with Gasteiger partial charge in [0.15, 0.2) is 0 Å². The van der Waals surface area contributed by atoms with Gasteiger partial charge < -0.3 is 5.73 Å². The fourth-order valence-corrected chi connectivity index (χ4v) is 1.76. The van der Waals surface area contributed by atoms with Crippen molar-refractivity contribution in [2.75, 3.05) is 0 Å². The average molecular weight is 230 g/mol. The summed E-state index contributed by atoms with van der Waals surface area (Å²) in [5.41, 5.74) is 9.45. The van der Waals surface area contributed by atoms with E-state index in [0.29, 0.717) is 0 Å². The number of hydrogen-bond acceptors (Lipinski definition) is 3. The van der Waals surface area contributed by atoms with Gasteiger partial charge in [-0.05, 0) is 18.1 Å². The van der Waals surface area contributed by atoms with E-state index in [9.17, 15) is 0 Å². The molecule has 2 rings (SSSR count). The topological polar surface area (TPSA) is 56.7 Å². The minimum absolute atomic E-state index is 0.0383. The van der Waals surface area contributed by atoms with E-state index in [1.54, 1.807) is 4.68 Å². The molecular formula is C13H18N4. The van der Waals surface area contributed by atoms with Crippen LogP contribution in [0.2, 0.25) is 0 Å². The van der Waals surface area contributed by atoms with E-state index in [-0.39, 0.29) is 6.04 Å². The van der Waals surface area contributed by atoms with Crippen LogP contribution in [0.3, 0.4) is 0 Å². The molecule has 2 aromatic heterocycles. The van der Waals surface area contributed by atoms with Crippen molar-refractivity contribution in [2.24, 2.45) is 12.8 Å². The van der Waals surface area contributed by atoms with Crippen molar-refractivity contribution in [2.45, 2.75) is 25.8 Å². The average Bonchev–Trinajstić information content (AvgIpc) is 2.77. The van der Waals surface area contributed by atoms with E-state index in [2.05, 4.69) is 29.1 Å². The number of aromatic nitrogens is 3. The quantitative estimate of drug-likeness (QED) is 0.868. The second-order valence-electron chi connectivity index (χ2n) is 4.27. The number of aryl methyl sites for hydroxylation is 2. The van der Waals surface area contributed by atoms with Gasteiger partial charge in [-0.15, -0.1) is 0 Å². The first kappa shape index (κ1) is 11.8. The van der Waals surface area contributed by atoms with Gasteiger partial charge in [0.1, 0.15) is 0 Å². The zero-order valence-electron chi connectivity index (χ0n) is 10.3. The zero-order valence-corrected chi connectivity index (χ0v) is 10.3. The van der Waals surface area contributed by atoms with Crippen molar-refractivity contribution in [3.63, 3.8) is 0 Å². The van der Waals surface area contributed by atoms with Gasteiger partial charge in [-0.2, -0.15) is 5.10 Å². The molecular weight excluding hydrogens is 212 g/mol. The predicted octanol–water partition coefficient (Wildman–Crippen LogP) is 1.62. The molecule has 0 spiro atoms. The molecule has 0 saturated carbocycles. The molecule has 0 radical (unpaired) electrons. The summed E-state index contributed by atoms with van der Waals surface area (Å²) in [5, 5.41) is 4.12. The van der Waals surface area contributed by atoms with E-state index < -0.39 is 0 Å². The molecule has 0 aliphatic rings. The first-order valence-electron chi connectivity index (χ1n) is 5.87. The zero-order chi connectivity index (χ0) is 12.3. The monoisotopic (exact) mass is 230 g/mol. The molecule has 1 atom stereocenters. The van der Waals surface area contributed by atoms with Gasteiger partial charge in [0, 0.05) is 43.2 Å². The normalized spacial score (nSPS) is 12.6. The third kappa shape index (κ3) is 2.91. The highest BCUT2D eigenvalue weighted by Crippen LogP contribution is 2.14. The predicted molar refractivity (Wildman–Crippen MR) is 67.5 cm³/mol. The van der Waals surface area contributed by atoms with Crippen LogP contribution >= 0.6 is 0 Å². The molecule has 0 amide bonds. The number of nitrogens with two attached hydrogens (primary N) is 1. The molecule has 2 aromatic rings. The summed E-state index contributed by atoms with van der Waals surface area (Å²) in [7, 11) is 1.89. The van der Waals surface area contributed by atoms with Gasteiger partial charge in [0.05, 0.1) is 6.20 Å². The maximum Gasteiger partial charge on any atom is 0.0537 e. The molecule has 0 bridgehead atoms. The second-order valence-corrected chi connectivity index (χ2v) is 4.27. The van der Waals surface area contributed by atoms with Crippen molar-refractivity contribution >= 4 is 0 Å². The van der Waals surface area contributed by atoms with Gasteiger partial charge in [-0.3, -0.25) is 9.67 Å². The Kier molecular flexibility index (Phi) is 3.54. The maximum absolute atomic E-state index is 6.12. The summed E-state index contributed by atoms with van der Waals surface area (Å²) in [5.74, 6) is 0.